The Morgan fingerprint density at radius 1 is 0.853 bits per heavy atom. The number of rotatable bonds is 15. The Hall–Kier alpha value is -1.38. The average molecular weight is 499 g/mol. The van der Waals surface area contributed by atoms with Crippen molar-refractivity contribution < 1.29 is 47.5 Å². The molecule has 12 nitrogen and oxygen atoms in total. The summed E-state index contributed by atoms with van der Waals surface area (Å²) in [5.74, 6) is 0. The summed E-state index contributed by atoms with van der Waals surface area (Å²) in [5, 5.41) is 0. The van der Waals surface area contributed by atoms with Crippen molar-refractivity contribution in [2.45, 2.75) is 57.9 Å². The molecule has 34 heavy (non-hydrogen) atoms. The fraction of sp³-hybridized carbons (Fsp3) is 0.909. The second-order valence-electron chi connectivity index (χ2n) is 7.11. The van der Waals surface area contributed by atoms with E-state index in [4.69, 9.17) is 28.4 Å². The van der Waals surface area contributed by atoms with Crippen LogP contribution in [0.3, 0.4) is 0 Å². The molecular weight excluding hydrogens is 452 g/mol. The number of carbonyl (C=O) groups is 2. The maximum absolute atomic E-state index is 11.9. The van der Waals surface area contributed by atoms with Crippen LogP contribution in [0.1, 0.15) is 26.7 Å². The molecule has 0 aromatic heterocycles. The zero-order valence-electron chi connectivity index (χ0n) is 22.5. The number of aldehydes is 1. The Kier molecular flexibility index (Phi) is 22.6. The van der Waals surface area contributed by atoms with E-state index in [0.717, 1.165) is 26.0 Å². The van der Waals surface area contributed by atoms with Crippen LogP contribution in [0.2, 0.25) is 0 Å². The smallest absolute Gasteiger partial charge is 0.322 e. The van der Waals surface area contributed by atoms with Crippen molar-refractivity contribution in [2.75, 3.05) is 76.5 Å². The molecule has 2 amide bonds. The molecule has 1 aliphatic heterocycles. The third-order valence-corrected chi connectivity index (χ3v) is 4.80. The summed E-state index contributed by atoms with van der Waals surface area (Å²) >= 11 is 0. The predicted octanol–water partition coefficient (Wildman–Crippen LogP) is 1.56. The maximum Gasteiger partial charge on any atom is 0.322 e. The molecule has 2 atom stereocenters. The van der Waals surface area contributed by atoms with Crippen LogP contribution in [-0.2, 0) is 42.7 Å². The van der Waals surface area contributed by atoms with E-state index in [2.05, 4.69) is 16.4 Å². The van der Waals surface area contributed by atoms with Crippen LogP contribution in [-0.4, -0.2) is 130 Å². The number of urea groups is 1. The fourth-order valence-electron chi connectivity index (χ4n) is 2.82. The van der Waals surface area contributed by atoms with Gasteiger partial charge in [0.25, 0.3) is 0 Å². The minimum absolute atomic E-state index is 0.0165. The minimum Gasteiger partial charge on any atom is -0.374 e. The molecule has 0 spiro atoms. The first kappa shape index (κ1) is 34.8. The van der Waals surface area contributed by atoms with Crippen molar-refractivity contribution in [2.24, 2.45) is 0 Å². The van der Waals surface area contributed by atoms with Crippen LogP contribution >= 0.6 is 0 Å². The minimum atomic E-state index is -0.694. The lowest BCUT2D eigenvalue weighted by atomic mass is 10.3. The molecule has 1 aliphatic rings. The highest BCUT2D eigenvalue weighted by molar-refractivity contribution is 5.76. The van der Waals surface area contributed by atoms with E-state index in [0.29, 0.717) is 12.8 Å². The Balaban J connectivity index is 0. The van der Waals surface area contributed by atoms with E-state index in [-0.39, 0.29) is 18.4 Å². The Morgan fingerprint density at radius 2 is 1.35 bits per heavy atom. The van der Waals surface area contributed by atoms with Gasteiger partial charge in [-0.15, -0.1) is 0 Å². The number of hydrogen-bond donors (Lipinski definition) is 0. The van der Waals surface area contributed by atoms with Gasteiger partial charge in [-0.3, -0.25) is 9.69 Å². The number of methoxy groups -OCH3 is 7. The van der Waals surface area contributed by atoms with Gasteiger partial charge >= 0.3 is 6.03 Å². The van der Waals surface area contributed by atoms with Crippen LogP contribution in [0.25, 0.3) is 0 Å². The first-order chi connectivity index (χ1) is 16.3. The largest absolute Gasteiger partial charge is 0.374 e. The molecule has 0 radical (unpaired) electrons. The molecule has 0 bridgehead atoms. The van der Waals surface area contributed by atoms with E-state index in [9.17, 15) is 9.59 Å². The summed E-state index contributed by atoms with van der Waals surface area (Å²) in [6.45, 7) is 6.25. The van der Waals surface area contributed by atoms with Crippen LogP contribution in [0.5, 0.6) is 0 Å². The van der Waals surface area contributed by atoms with E-state index in [1.54, 1.807) is 24.0 Å². The molecular formula is C22H46N2O10. The van der Waals surface area contributed by atoms with Crippen molar-refractivity contribution in [3.63, 3.8) is 0 Å². The second kappa shape index (κ2) is 22.1. The van der Waals surface area contributed by atoms with Gasteiger partial charge in [-0.25, -0.2) is 4.79 Å². The highest BCUT2D eigenvalue weighted by Gasteiger charge is 2.35. The number of amides is 2. The van der Waals surface area contributed by atoms with Crippen LogP contribution < -0.4 is 0 Å². The molecule has 0 aromatic carbocycles. The van der Waals surface area contributed by atoms with Gasteiger partial charge in [0.1, 0.15) is 0 Å². The number of nitrogens with zero attached hydrogens (tertiary/aromatic N) is 2. The van der Waals surface area contributed by atoms with Gasteiger partial charge in [0.2, 0.25) is 18.9 Å². The molecule has 2 unspecified atom stereocenters. The summed E-state index contributed by atoms with van der Waals surface area (Å²) in [5.41, 5.74) is 0. The Labute approximate surface area is 204 Å². The molecule has 0 aromatic rings. The second-order valence-corrected chi connectivity index (χ2v) is 7.11. The normalized spacial score (nSPS) is 15.3. The molecule has 1 heterocycles. The van der Waals surface area contributed by atoms with Gasteiger partial charge in [-0.1, -0.05) is 13.3 Å². The Morgan fingerprint density at radius 3 is 1.62 bits per heavy atom. The lowest BCUT2D eigenvalue weighted by Crippen LogP contribution is -2.46. The van der Waals surface area contributed by atoms with Crippen LogP contribution in [0.15, 0.2) is 0 Å². The average Bonchev–Trinajstić information content (AvgIpc) is 3.18. The van der Waals surface area contributed by atoms with Crippen molar-refractivity contribution in [1.82, 2.24) is 9.80 Å². The topological polar surface area (TPSA) is 114 Å². The quantitative estimate of drug-likeness (QED) is 0.187. The molecule has 204 valence electrons. The van der Waals surface area contributed by atoms with E-state index in [1.165, 1.54) is 42.7 Å². The van der Waals surface area contributed by atoms with Gasteiger partial charge in [0, 0.05) is 76.5 Å². The zero-order valence-corrected chi connectivity index (χ0v) is 22.5. The standard InChI is InChI=1S/C12H24N2O3.C6H14O4.C4H8O3/c1-5-6-9-17-10(2)11(16-4)14-8-7-13(3)12(14)15;1-7-5(8-2)6(9-3)10-4;1-6-4(3-5)7-2/h10-11H,5-9H2,1-4H3;5-6H,1-4H3;3-4H,1-2H3. The maximum atomic E-state index is 11.9. The summed E-state index contributed by atoms with van der Waals surface area (Å²) in [6, 6.07) is 0.0165. The first-order valence-electron chi connectivity index (χ1n) is 11.0. The molecule has 1 saturated heterocycles. The van der Waals surface area contributed by atoms with Gasteiger partial charge < -0.3 is 42.8 Å². The van der Waals surface area contributed by atoms with Crippen LogP contribution in [0.4, 0.5) is 4.79 Å². The number of ether oxygens (including phenoxy) is 8. The monoisotopic (exact) mass is 498 g/mol. The predicted molar refractivity (Wildman–Crippen MR) is 125 cm³/mol. The zero-order chi connectivity index (χ0) is 26.5. The van der Waals surface area contributed by atoms with E-state index >= 15 is 0 Å². The number of likely N-dealkylation sites (N-methyl/N-ethyl adjacent to an activating group) is 1. The highest BCUT2D eigenvalue weighted by Crippen LogP contribution is 2.16. The van der Waals surface area contributed by atoms with Gasteiger partial charge in [0.15, 0.2) is 12.5 Å². The van der Waals surface area contributed by atoms with Gasteiger partial charge in [-0.2, -0.15) is 0 Å². The summed E-state index contributed by atoms with van der Waals surface area (Å²) in [7, 11) is 12.3. The van der Waals surface area contributed by atoms with Gasteiger partial charge in [-0.05, 0) is 13.3 Å². The fourth-order valence-corrected chi connectivity index (χ4v) is 2.82. The SMILES string of the molecule is CCCCOC(C)C(OC)N1CCN(C)C1=O.COC(C=O)OC.COC(OC)C(OC)OC. The number of unbranched alkanes of at least 4 members (excludes halogenated alkanes) is 1. The third-order valence-electron chi connectivity index (χ3n) is 4.80. The molecule has 0 N–H and O–H groups in total. The molecule has 0 saturated carbocycles. The lowest BCUT2D eigenvalue weighted by molar-refractivity contribution is -0.254. The molecule has 1 fully saturated rings. The van der Waals surface area contributed by atoms with E-state index in [1.807, 2.05) is 6.92 Å². The third kappa shape index (κ3) is 13.5. The summed E-state index contributed by atoms with van der Waals surface area (Å²) in [4.78, 5) is 25.0. The molecule has 12 heteroatoms. The van der Waals surface area contributed by atoms with Crippen molar-refractivity contribution >= 4 is 12.3 Å². The summed E-state index contributed by atoms with van der Waals surface area (Å²) in [6.07, 6.45) is 0.723. The highest BCUT2D eigenvalue weighted by atomic mass is 16.8. The summed E-state index contributed by atoms with van der Waals surface area (Å²) < 4.78 is 39.5. The number of hydrogen-bond acceptors (Lipinski definition) is 10. The Bertz CT molecular complexity index is 478. The van der Waals surface area contributed by atoms with Crippen molar-refractivity contribution in [1.29, 1.82) is 0 Å². The van der Waals surface area contributed by atoms with Crippen molar-refractivity contribution in [3.05, 3.63) is 0 Å². The lowest BCUT2D eigenvalue weighted by Gasteiger charge is -2.30. The first-order valence-corrected chi connectivity index (χ1v) is 11.0. The van der Waals surface area contributed by atoms with E-state index < -0.39 is 18.9 Å². The molecule has 0 aliphatic carbocycles. The number of carbonyl (C=O) groups excluding carboxylic acids is 2. The molecule has 1 rings (SSSR count). The van der Waals surface area contributed by atoms with Gasteiger partial charge in [0.05, 0.1) is 6.10 Å². The van der Waals surface area contributed by atoms with Crippen molar-refractivity contribution in [3.8, 4) is 0 Å². The van der Waals surface area contributed by atoms with Crippen LogP contribution in [0, 0.1) is 0 Å².